The van der Waals surface area contributed by atoms with Crippen molar-refractivity contribution in [3.8, 4) is 11.1 Å². The van der Waals surface area contributed by atoms with E-state index in [1.807, 2.05) is 71.4 Å². The van der Waals surface area contributed by atoms with Crippen LogP contribution in [0.15, 0.2) is 126 Å². The van der Waals surface area contributed by atoms with Gasteiger partial charge in [-0.15, -0.1) is 0 Å². The largest absolute Gasteiger partial charge is 0.301 e. The van der Waals surface area contributed by atoms with Gasteiger partial charge >= 0.3 is 7.44 Å². The van der Waals surface area contributed by atoms with E-state index in [0.29, 0.717) is 0 Å². The second-order valence-corrected chi connectivity index (χ2v) is 13.7. The Kier molecular flexibility index (Phi) is 5.24. The predicted octanol–water partition coefficient (Wildman–Crippen LogP) is 9.56. The normalized spacial score (nSPS) is 18.7. The van der Waals surface area contributed by atoms with Gasteiger partial charge in [0, 0.05) is 21.1 Å². The molecule has 38 heavy (non-hydrogen) atoms. The summed E-state index contributed by atoms with van der Waals surface area (Å²) in [5, 5.41) is 0.791. The number of anilines is 4. The van der Waals surface area contributed by atoms with Gasteiger partial charge in [0.25, 0.3) is 0 Å². The van der Waals surface area contributed by atoms with Crippen LogP contribution >= 0.6 is 23.4 Å². The van der Waals surface area contributed by atoms with Crippen molar-refractivity contribution in [1.29, 1.82) is 0 Å². The van der Waals surface area contributed by atoms with Gasteiger partial charge in [0.1, 0.15) is 0 Å². The molecular weight excluding hydrogens is 551 g/mol. The Balaban J connectivity index is 1.59. The monoisotopic (exact) mass is 576 g/mol. The Labute approximate surface area is 232 Å². The minimum Gasteiger partial charge on any atom is -0.270 e. The molecule has 5 aromatic carbocycles. The van der Waals surface area contributed by atoms with Crippen LogP contribution in [0.1, 0.15) is 25.0 Å². The first-order valence-electron chi connectivity index (χ1n) is 12.8. The quantitative estimate of drug-likeness (QED) is 0.200. The number of nitrogens with zero attached hydrogens (tertiary/aromatic N) is 2. The first-order chi connectivity index (χ1) is 18.4. The second-order valence-electron chi connectivity index (χ2n) is 10.3. The maximum absolute atomic E-state index is 16.0. The third-order valence-corrected chi connectivity index (χ3v) is 11.3. The molecule has 0 spiro atoms. The number of para-hydroxylation sites is 1. The summed E-state index contributed by atoms with van der Waals surface area (Å²) < 4.78 is 21.1. The highest BCUT2D eigenvalue weighted by Gasteiger charge is 2.50. The van der Waals surface area contributed by atoms with Gasteiger partial charge in [0.05, 0.1) is 22.4 Å². The van der Waals surface area contributed by atoms with Gasteiger partial charge in [-0.25, -0.2) is 0 Å². The molecule has 3 nitrogen and oxygen atoms in total. The highest BCUT2D eigenvalue weighted by molar-refractivity contribution is 9.10. The maximum atomic E-state index is 16.0. The van der Waals surface area contributed by atoms with E-state index in [-0.39, 0.29) is 5.41 Å². The van der Waals surface area contributed by atoms with Crippen LogP contribution in [0.25, 0.3) is 11.1 Å². The Morgan fingerprint density at radius 1 is 0.632 bits per heavy atom. The number of halogens is 1. The molecule has 186 valence electrons. The molecular formula is C33H26BrN2OP. The van der Waals surface area contributed by atoms with Gasteiger partial charge in [0.2, 0.25) is 0 Å². The fourth-order valence-corrected chi connectivity index (χ4v) is 9.50. The van der Waals surface area contributed by atoms with Crippen LogP contribution in [-0.4, -0.2) is 0 Å². The fraction of sp³-hybridized carbons (Fsp3) is 0.0909. The zero-order valence-corrected chi connectivity index (χ0v) is 23.7. The van der Waals surface area contributed by atoms with Crippen LogP contribution in [0.5, 0.6) is 0 Å². The minimum absolute atomic E-state index is 0.153. The lowest BCUT2D eigenvalue weighted by Crippen LogP contribution is -2.26. The molecule has 0 bridgehead atoms. The standard InChI is InChI=1S/C33H26BrN2OP/c1-33(2)27-17-10-9-16-26(27)32-28(33)18-11-19-30(32)36-29-21-20-23(34)22-31(29)35(24-12-5-3-6-13-24)38(36,37)25-14-7-4-8-15-25/h3-22H,1-2H3. The van der Waals surface area contributed by atoms with Crippen molar-refractivity contribution in [2.45, 2.75) is 19.3 Å². The highest BCUT2D eigenvalue weighted by atomic mass is 79.9. The average molecular weight is 577 g/mol. The van der Waals surface area contributed by atoms with Gasteiger partial charge in [-0.1, -0.05) is 103 Å². The summed E-state index contributed by atoms with van der Waals surface area (Å²) in [6, 6.07) is 41.3. The smallest absolute Gasteiger partial charge is 0.270 e. The molecule has 1 aliphatic carbocycles. The summed E-state index contributed by atoms with van der Waals surface area (Å²) in [6.45, 7) is 4.56. The van der Waals surface area contributed by atoms with Crippen molar-refractivity contribution in [2.75, 3.05) is 9.34 Å². The Morgan fingerprint density at radius 2 is 1.29 bits per heavy atom. The van der Waals surface area contributed by atoms with Gasteiger partial charge in [-0.2, -0.15) is 0 Å². The van der Waals surface area contributed by atoms with E-state index in [0.717, 1.165) is 38.1 Å². The number of hydrogen-bond acceptors (Lipinski definition) is 1. The Morgan fingerprint density at radius 3 is 2.05 bits per heavy atom. The molecule has 0 aromatic heterocycles. The lowest BCUT2D eigenvalue weighted by Gasteiger charge is -2.34. The first kappa shape index (κ1) is 23.5. The SMILES string of the molecule is CC1(C)c2ccccc2-c2c(N3c4ccc(Br)cc4N(c4ccccc4)P3(=O)c3ccccc3)cccc21. The van der Waals surface area contributed by atoms with Crippen LogP contribution in [0.2, 0.25) is 0 Å². The number of hydrogen-bond donors (Lipinski definition) is 0. The van der Waals surface area contributed by atoms with Crippen LogP contribution in [-0.2, 0) is 9.98 Å². The lowest BCUT2D eigenvalue weighted by molar-refractivity contribution is 0.582. The molecule has 1 unspecified atom stereocenters. The zero-order chi connectivity index (χ0) is 26.1. The van der Waals surface area contributed by atoms with Crippen LogP contribution in [0.3, 0.4) is 0 Å². The molecule has 0 saturated carbocycles. The molecule has 0 fully saturated rings. The molecule has 0 radical (unpaired) electrons. The van der Waals surface area contributed by atoms with E-state index < -0.39 is 7.44 Å². The summed E-state index contributed by atoms with van der Waals surface area (Å²) in [5.41, 5.74) is 8.48. The van der Waals surface area contributed by atoms with Crippen LogP contribution < -0.4 is 14.6 Å². The van der Waals surface area contributed by atoms with Crippen molar-refractivity contribution in [3.05, 3.63) is 137 Å². The molecule has 5 aromatic rings. The van der Waals surface area contributed by atoms with Gasteiger partial charge in [-0.05, 0) is 65.2 Å². The number of benzene rings is 5. The second kappa shape index (κ2) is 8.46. The molecule has 2 aliphatic rings. The number of rotatable bonds is 3. The third-order valence-electron chi connectivity index (χ3n) is 7.84. The number of fused-ring (bicyclic) bond motifs is 4. The summed E-state index contributed by atoms with van der Waals surface area (Å²) >= 11 is 3.69. The summed E-state index contributed by atoms with van der Waals surface area (Å²) in [5.74, 6) is 0. The molecule has 1 heterocycles. The zero-order valence-electron chi connectivity index (χ0n) is 21.2. The van der Waals surface area contributed by atoms with Gasteiger partial charge < -0.3 is 0 Å². The summed E-state index contributed by atoms with van der Waals surface area (Å²) in [7, 11) is -3.43. The van der Waals surface area contributed by atoms with Crippen molar-refractivity contribution in [3.63, 3.8) is 0 Å². The van der Waals surface area contributed by atoms with E-state index in [9.17, 15) is 0 Å². The minimum atomic E-state index is -3.43. The van der Waals surface area contributed by atoms with Crippen LogP contribution in [0.4, 0.5) is 22.7 Å². The summed E-state index contributed by atoms with van der Waals surface area (Å²) in [6.07, 6.45) is 0. The lowest BCUT2D eigenvalue weighted by atomic mass is 9.82. The van der Waals surface area contributed by atoms with Crippen molar-refractivity contribution in [1.82, 2.24) is 0 Å². The summed E-state index contributed by atoms with van der Waals surface area (Å²) in [4.78, 5) is 0. The molecule has 1 atom stereocenters. The average Bonchev–Trinajstić information content (AvgIpc) is 3.35. The molecule has 7 rings (SSSR count). The Hall–Kier alpha value is -3.59. The fourth-order valence-electron chi connectivity index (χ4n) is 6.13. The van der Waals surface area contributed by atoms with E-state index >= 15 is 4.57 Å². The predicted molar refractivity (Wildman–Crippen MR) is 163 cm³/mol. The highest BCUT2D eigenvalue weighted by Crippen LogP contribution is 2.71. The van der Waals surface area contributed by atoms with E-state index in [2.05, 4.69) is 89.0 Å². The molecule has 0 N–H and O–H groups in total. The van der Waals surface area contributed by atoms with Gasteiger partial charge in [0.15, 0.2) is 0 Å². The molecule has 0 saturated heterocycles. The van der Waals surface area contributed by atoms with Crippen molar-refractivity contribution >= 4 is 51.4 Å². The maximum Gasteiger partial charge on any atom is 0.301 e. The molecule has 1 aliphatic heterocycles. The van der Waals surface area contributed by atoms with Crippen molar-refractivity contribution in [2.24, 2.45) is 0 Å². The van der Waals surface area contributed by atoms with Gasteiger partial charge in [-0.3, -0.25) is 13.9 Å². The van der Waals surface area contributed by atoms with Crippen molar-refractivity contribution < 1.29 is 4.57 Å². The van der Waals surface area contributed by atoms with E-state index in [1.165, 1.54) is 16.7 Å². The Bertz CT molecular complexity index is 1750. The topological polar surface area (TPSA) is 23.6 Å². The third kappa shape index (κ3) is 3.17. The molecule has 0 amide bonds. The molecule has 5 heteroatoms. The first-order valence-corrected chi connectivity index (χ1v) is 15.2. The van der Waals surface area contributed by atoms with E-state index in [4.69, 9.17) is 0 Å². The van der Waals surface area contributed by atoms with Crippen LogP contribution in [0, 0.1) is 0 Å². The van der Waals surface area contributed by atoms with E-state index in [1.54, 1.807) is 0 Å².